The summed E-state index contributed by atoms with van der Waals surface area (Å²) in [5.74, 6) is 0. The van der Waals surface area contributed by atoms with Gasteiger partial charge in [0.1, 0.15) is 0 Å². The first-order valence-corrected chi connectivity index (χ1v) is 12.4. The minimum absolute atomic E-state index is 0.695. The van der Waals surface area contributed by atoms with Gasteiger partial charge in [-0.1, -0.05) is 23.2 Å². The second-order valence-electron chi connectivity index (χ2n) is 8.23. The van der Waals surface area contributed by atoms with Crippen LogP contribution in [0.1, 0.15) is 12.8 Å². The van der Waals surface area contributed by atoms with Crippen molar-refractivity contribution in [1.29, 1.82) is 0 Å². The fraction of sp³-hybridized carbons (Fsp3) is 0.308. The standard InChI is InChI=1S/C26H30Cl2N6/c27-19-3-5-21-23(7-10-30-25(21)17-19)32-12-15-34(14-2-1-9-29)16-13-33-24-8-11-31-26-18-20(28)4-6-22(24)26/h3-8,10-11,17-18H,1-2,9,12-16,29H2,(H,30,32)(H,31,33). The van der Waals surface area contributed by atoms with Crippen LogP contribution in [0.4, 0.5) is 11.4 Å². The van der Waals surface area contributed by atoms with Crippen LogP contribution in [0.3, 0.4) is 0 Å². The van der Waals surface area contributed by atoms with Crippen molar-refractivity contribution in [3.05, 3.63) is 71.0 Å². The predicted molar refractivity (Wildman–Crippen MR) is 145 cm³/mol. The summed E-state index contributed by atoms with van der Waals surface area (Å²) < 4.78 is 0. The third kappa shape index (κ3) is 6.48. The Bertz CT molecular complexity index is 1140. The molecule has 0 saturated heterocycles. The lowest BCUT2D eigenvalue weighted by atomic mass is 10.2. The largest absolute Gasteiger partial charge is 0.383 e. The number of fused-ring (bicyclic) bond motifs is 2. The quantitative estimate of drug-likeness (QED) is 0.220. The van der Waals surface area contributed by atoms with Crippen molar-refractivity contribution in [2.45, 2.75) is 12.8 Å². The van der Waals surface area contributed by atoms with Crippen molar-refractivity contribution in [3.8, 4) is 0 Å². The Hall–Kier alpha value is -2.64. The number of aromatic nitrogens is 2. The molecule has 0 aliphatic carbocycles. The van der Waals surface area contributed by atoms with Crippen molar-refractivity contribution in [3.63, 3.8) is 0 Å². The van der Waals surface area contributed by atoms with Gasteiger partial charge in [-0.3, -0.25) is 14.9 Å². The molecule has 4 aromatic rings. The molecule has 0 aliphatic heterocycles. The number of nitrogens with zero attached hydrogens (tertiary/aromatic N) is 3. The maximum atomic E-state index is 6.12. The highest BCUT2D eigenvalue weighted by molar-refractivity contribution is 6.31. The lowest BCUT2D eigenvalue weighted by Crippen LogP contribution is -2.34. The van der Waals surface area contributed by atoms with Gasteiger partial charge in [0.05, 0.1) is 11.0 Å². The fourth-order valence-electron chi connectivity index (χ4n) is 4.06. The summed E-state index contributed by atoms with van der Waals surface area (Å²) in [6, 6.07) is 15.6. The zero-order valence-electron chi connectivity index (χ0n) is 19.1. The second-order valence-corrected chi connectivity index (χ2v) is 9.10. The summed E-state index contributed by atoms with van der Waals surface area (Å²) in [5, 5.41) is 10.7. The van der Waals surface area contributed by atoms with Gasteiger partial charge in [0, 0.05) is 70.8 Å². The van der Waals surface area contributed by atoms with E-state index in [1.54, 1.807) is 0 Å². The van der Waals surface area contributed by atoms with Gasteiger partial charge in [0.15, 0.2) is 0 Å². The number of anilines is 2. The molecule has 0 bridgehead atoms. The summed E-state index contributed by atoms with van der Waals surface area (Å²) in [7, 11) is 0. The first-order chi connectivity index (χ1) is 16.6. The van der Waals surface area contributed by atoms with Gasteiger partial charge < -0.3 is 16.4 Å². The van der Waals surface area contributed by atoms with E-state index in [-0.39, 0.29) is 0 Å². The highest BCUT2D eigenvalue weighted by Gasteiger charge is 2.08. The number of rotatable bonds is 12. The predicted octanol–water partition coefficient (Wildman–Crippen LogP) is 5.65. The molecule has 2 aromatic heterocycles. The highest BCUT2D eigenvalue weighted by Crippen LogP contribution is 2.25. The molecule has 0 aliphatic rings. The molecule has 6 nitrogen and oxygen atoms in total. The van der Waals surface area contributed by atoms with Crippen LogP contribution in [-0.4, -0.2) is 54.1 Å². The van der Waals surface area contributed by atoms with Crippen LogP contribution in [0, 0.1) is 0 Å². The van der Waals surface area contributed by atoms with E-state index in [4.69, 9.17) is 28.9 Å². The van der Waals surface area contributed by atoms with Gasteiger partial charge in [-0.15, -0.1) is 0 Å². The topological polar surface area (TPSA) is 79.1 Å². The molecular weight excluding hydrogens is 467 g/mol. The molecule has 4 N–H and O–H groups in total. The van der Waals surface area contributed by atoms with E-state index in [9.17, 15) is 0 Å². The Labute approximate surface area is 210 Å². The summed E-state index contributed by atoms with van der Waals surface area (Å²) in [4.78, 5) is 11.3. The van der Waals surface area contributed by atoms with Crippen molar-refractivity contribution in [2.24, 2.45) is 5.73 Å². The third-order valence-electron chi connectivity index (χ3n) is 5.82. The number of halogens is 2. The molecule has 34 heavy (non-hydrogen) atoms. The van der Waals surface area contributed by atoms with Crippen LogP contribution in [0.25, 0.3) is 21.8 Å². The Balaban J connectivity index is 1.35. The van der Waals surface area contributed by atoms with E-state index in [2.05, 4.69) is 25.5 Å². The molecule has 0 spiro atoms. The monoisotopic (exact) mass is 496 g/mol. The van der Waals surface area contributed by atoms with Gasteiger partial charge in [0.2, 0.25) is 0 Å². The molecule has 178 valence electrons. The number of benzene rings is 2. The van der Waals surface area contributed by atoms with E-state index in [1.807, 2.05) is 60.9 Å². The maximum absolute atomic E-state index is 6.12. The molecule has 8 heteroatoms. The lowest BCUT2D eigenvalue weighted by Gasteiger charge is -2.23. The summed E-state index contributed by atoms with van der Waals surface area (Å²) >= 11 is 12.2. The number of nitrogens with one attached hydrogen (secondary N) is 2. The van der Waals surface area contributed by atoms with E-state index >= 15 is 0 Å². The lowest BCUT2D eigenvalue weighted by molar-refractivity contribution is 0.289. The fourth-order valence-corrected chi connectivity index (χ4v) is 4.40. The van der Waals surface area contributed by atoms with Crippen molar-refractivity contribution >= 4 is 56.4 Å². The van der Waals surface area contributed by atoms with Gasteiger partial charge in [-0.2, -0.15) is 0 Å². The Morgan fingerprint density at radius 2 is 1.24 bits per heavy atom. The molecule has 0 fully saturated rings. The van der Waals surface area contributed by atoms with Crippen LogP contribution in [0.15, 0.2) is 60.9 Å². The third-order valence-corrected chi connectivity index (χ3v) is 6.30. The van der Waals surface area contributed by atoms with E-state index in [0.29, 0.717) is 10.0 Å². The number of nitrogens with two attached hydrogens (primary N) is 1. The van der Waals surface area contributed by atoms with E-state index < -0.39 is 0 Å². The highest BCUT2D eigenvalue weighted by atomic mass is 35.5. The first-order valence-electron chi connectivity index (χ1n) is 11.6. The van der Waals surface area contributed by atoms with Gasteiger partial charge in [-0.05, 0) is 74.5 Å². The SMILES string of the molecule is NCCCCN(CCNc1ccnc2cc(Cl)ccc12)CCNc1ccnc2cc(Cl)ccc12. The molecule has 0 radical (unpaired) electrons. The summed E-state index contributed by atoms with van der Waals surface area (Å²) in [6.07, 6.45) is 5.75. The van der Waals surface area contributed by atoms with E-state index in [0.717, 1.165) is 85.3 Å². The van der Waals surface area contributed by atoms with E-state index in [1.165, 1.54) is 0 Å². The van der Waals surface area contributed by atoms with Gasteiger partial charge in [-0.25, -0.2) is 0 Å². The Morgan fingerprint density at radius 3 is 1.74 bits per heavy atom. The smallest absolute Gasteiger partial charge is 0.0737 e. The van der Waals surface area contributed by atoms with Crippen molar-refractivity contribution in [1.82, 2.24) is 14.9 Å². The molecule has 4 rings (SSSR count). The zero-order chi connectivity index (χ0) is 23.8. The van der Waals surface area contributed by atoms with Crippen LogP contribution >= 0.6 is 23.2 Å². The van der Waals surface area contributed by atoms with Crippen LogP contribution in [0.5, 0.6) is 0 Å². The minimum atomic E-state index is 0.695. The average Bonchev–Trinajstić information content (AvgIpc) is 2.83. The molecule has 0 unspecified atom stereocenters. The minimum Gasteiger partial charge on any atom is -0.383 e. The number of hydrogen-bond acceptors (Lipinski definition) is 6. The normalized spacial score (nSPS) is 11.4. The van der Waals surface area contributed by atoms with Crippen LogP contribution < -0.4 is 16.4 Å². The van der Waals surface area contributed by atoms with Crippen molar-refractivity contribution < 1.29 is 0 Å². The Morgan fingerprint density at radius 1 is 0.706 bits per heavy atom. The summed E-state index contributed by atoms with van der Waals surface area (Å²) in [5.41, 5.74) is 9.66. The van der Waals surface area contributed by atoms with Gasteiger partial charge in [0.25, 0.3) is 0 Å². The molecular formula is C26H30Cl2N6. The second kappa shape index (κ2) is 12.2. The number of unbranched alkanes of at least 4 members (excludes halogenated alkanes) is 1. The average molecular weight is 497 g/mol. The van der Waals surface area contributed by atoms with Crippen LogP contribution in [0.2, 0.25) is 10.0 Å². The van der Waals surface area contributed by atoms with Crippen LogP contribution in [-0.2, 0) is 0 Å². The number of pyridine rings is 2. The van der Waals surface area contributed by atoms with Gasteiger partial charge >= 0.3 is 0 Å². The Kier molecular flexibility index (Phi) is 8.77. The van der Waals surface area contributed by atoms with Crippen molar-refractivity contribution in [2.75, 3.05) is 49.9 Å². The molecule has 0 saturated carbocycles. The molecule has 0 amide bonds. The summed E-state index contributed by atoms with van der Waals surface area (Å²) in [6.45, 7) is 5.26. The maximum Gasteiger partial charge on any atom is 0.0737 e. The number of hydrogen-bond donors (Lipinski definition) is 3. The molecule has 2 aromatic carbocycles. The zero-order valence-corrected chi connectivity index (χ0v) is 20.6. The first kappa shape index (κ1) is 24.5. The molecule has 0 atom stereocenters. The molecule has 2 heterocycles.